The van der Waals surface area contributed by atoms with Crippen molar-refractivity contribution in [1.29, 1.82) is 0 Å². The highest BCUT2D eigenvalue weighted by Gasteiger charge is 2.40. The Morgan fingerprint density at radius 2 is 2.12 bits per heavy atom. The SMILES string of the molecule is CN=C(NCCc1ccccc1F)NCC1(N2CCOCC2)CCSC1. The van der Waals surface area contributed by atoms with Gasteiger partial charge >= 0.3 is 0 Å². The maximum atomic E-state index is 13.7. The summed E-state index contributed by atoms with van der Waals surface area (Å²) in [4.78, 5) is 6.91. The van der Waals surface area contributed by atoms with Crippen molar-refractivity contribution in [2.45, 2.75) is 18.4 Å². The molecule has 1 aromatic rings. The second kappa shape index (κ2) is 9.58. The van der Waals surface area contributed by atoms with Gasteiger partial charge in [-0.1, -0.05) is 18.2 Å². The van der Waals surface area contributed by atoms with Crippen LogP contribution < -0.4 is 10.6 Å². The Balaban J connectivity index is 1.50. The molecule has 1 unspecified atom stereocenters. The van der Waals surface area contributed by atoms with E-state index in [4.69, 9.17) is 4.74 Å². The zero-order valence-electron chi connectivity index (χ0n) is 15.5. The normalized spacial score (nSPS) is 24.6. The van der Waals surface area contributed by atoms with Gasteiger partial charge in [-0.3, -0.25) is 9.89 Å². The van der Waals surface area contributed by atoms with Crippen LogP contribution in [0.3, 0.4) is 0 Å². The van der Waals surface area contributed by atoms with E-state index < -0.39 is 0 Å². The predicted octanol–water partition coefficient (Wildman–Crippen LogP) is 1.74. The van der Waals surface area contributed by atoms with E-state index in [0.29, 0.717) is 13.0 Å². The van der Waals surface area contributed by atoms with Crippen LogP contribution in [0.1, 0.15) is 12.0 Å². The summed E-state index contributed by atoms with van der Waals surface area (Å²) >= 11 is 2.03. The summed E-state index contributed by atoms with van der Waals surface area (Å²) in [6.07, 6.45) is 1.83. The largest absolute Gasteiger partial charge is 0.379 e. The van der Waals surface area contributed by atoms with Gasteiger partial charge in [0.05, 0.1) is 13.2 Å². The van der Waals surface area contributed by atoms with Crippen LogP contribution >= 0.6 is 11.8 Å². The van der Waals surface area contributed by atoms with Gasteiger partial charge in [-0.15, -0.1) is 0 Å². The molecule has 2 aliphatic rings. The minimum Gasteiger partial charge on any atom is -0.379 e. The molecule has 2 aliphatic heterocycles. The third-order valence-electron chi connectivity index (χ3n) is 5.22. The van der Waals surface area contributed by atoms with Crippen molar-refractivity contribution in [3.05, 3.63) is 35.6 Å². The van der Waals surface area contributed by atoms with Gasteiger partial charge in [-0.2, -0.15) is 11.8 Å². The second-order valence-corrected chi connectivity index (χ2v) is 7.93. The number of hydrogen-bond acceptors (Lipinski definition) is 4. The predicted molar refractivity (Wildman–Crippen MR) is 107 cm³/mol. The van der Waals surface area contributed by atoms with Gasteiger partial charge in [0.2, 0.25) is 0 Å². The number of nitrogens with one attached hydrogen (secondary N) is 2. The Kier molecular flexibility index (Phi) is 7.16. The average Bonchev–Trinajstić information content (AvgIpc) is 3.17. The quantitative estimate of drug-likeness (QED) is 0.582. The lowest BCUT2D eigenvalue weighted by Gasteiger charge is -2.43. The summed E-state index contributed by atoms with van der Waals surface area (Å²) in [6, 6.07) is 6.93. The molecule has 0 aromatic heterocycles. The highest BCUT2D eigenvalue weighted by Crippen LogP contribution is 2.33. The van der Waals surface area contributed by atoms with Gasteiger partial charge in [-0.05, 0) is 30.2 Å². The Labute approximate surface area is 159 Å². The van der Waals surface area contributed by atoms with Crippen LogP contribution in [0.5, 0.6) is 0 Å². The fourth-order valence-electron chi connectivity index (χ4n) is 3.62. The van der Waals surface area contributed by atoms with Crippen LogP contribution in [0.2, 0.25) is 0 Å². The van der Waals surface area contributed by atoms with Crippen molar-refractivity contribution in [3.8, 4) is 0 Å². The number of hydrogen-bond donors (Lipinski definition) is 2. The first kappa shape index (κ1) is 19.5. The van der Waals surface area contributed by atoms with Crippen molar-refractivity contribution in [3.63, 3.8) is 0 Å². The number of guanidine groups is 1. The Morgan fingerprint density at radius 3 is 2.81 bits per heavy atom. The minimum absolute atomic E-state index is 0.147. The molecular formula is C19H29FN4OS. The molecule has 2 heterocycles. The molecule has 5 nitrogen and oxygen atoms in total. The number of aliphatic imine (C=N–C) groups is 1. The Morgan fingerprint density at radius 1 is 1.31 bits per heavy atom. The zero-order chi connectivity index (χ0) is 18.2. The summed E-state index contributed by atoms with van der Waals surface area (Å²) in [5.74, 6) is 2.99. The van der Waals surface area contributed by atoms with Gasteiger partial charge in [-0.25, -0.2) is 4.39 Å². The molecule has 26 heavy (non-hydrogen) atoms. The van der Waals surface area contributed by atoms with Crippen LogP contribution in [0.25, 0.3) is 0 Å². The first-order valence-corrected chi connectivity index (χ1v) is 10.5. The van der Waals surface area contributed by atoms with E-state index in [1.165, 1.54) is 18.2 Å². The van der Waals surface area contributed by atoms with Crippen LogP contribution in [0.4, 0.5) is 4.39 Å². The van der Waals surface area contributed by atoms with E-state index in [1.54, 1.807) is 13.1 Å². The van der Waals surface area contributed by atoms with Gasteiger partial charge in [0.15, 0.2) is 5.96 Å². The number of halogens is 1. The van der Waals surface area contributed by atoms with Crippen molar-refractivity contribution in [2.24, 2.45) is 4.99 Å². The third kappa shape index (κ3) is 4.90. The first-order valence-electron chi connectivity index (χ1n) is 9.32. The van der Waals surface area contributed by atoms with Gasteiger partial charge in [0.25, 0.3) is 0 Å². The van der Waals surface area contributed by atoms with Crippen molar-refractivity contribution in [2.75, 3.05) is 57.9 Å². The molecule has 0 aliphatic carbocycles. The molecule has 0 spiro atoms. The Hall–Kier alpha value is -1.31. The summed E-state index contributed by atoms with van der Waals surface area (Å²) < 4.78 is 19.2. The molecule has 0 radical (unpaired) electrons. The van der Waals surface area contributed by atoms with E-state index in [1.807, 2.05) is 23.9 Å². The maximum Gasteiger partial charge on any atom is 0.191 e. The lowest BCUT2D eigenvalue weighted by molar-refractivity contribution is -0.0120. The maximum absolute atomic E-state index is 13.7. The van der Waals surface area contributed by atoms with E-state index >= 15 is 0 Å². The highest BCUT2D eigenvalue weighted by atomic mass is 32.2. The number of nitrogens with zero attached hydrogens (tertiary/aromatic N) is 2. The zero-order valence-corrected chi connectivity index (χ0v) is 16.3. The van der Waals surface area contributed by atoms with Crippen molar-refractivity contribution < 1.29 is 9.13 Å². The number of ether oxygens (including phenoxy) is 1. The lowest BCUT2D eigenvalue weighted by Crippen LogP contribution is -2.60. The fraction of sp³-hybridized carbons (Fsp3) is 0.632. The van der Waals surface area contributed by atoms with Crippen molar-refractivity contribution in [1.82, 2.24) is 15.5 Å². The molecular weight excluding hydrogens is 351 g/mol. The topological polar surface area (TPSA) is 48.9 Å². The van der Waals surface area contributed by atoms with Crippen LogP contribution in [-0.2, 0) is 11.2 Å². The van der Waals surface area contributed by atoms with Gasteiger partial charge in [0, 0.05) is 44.5 Å². The minimum atomic E-state index is -0.147. The standard InChI is InChI=1S/C19H29FN4OS/c1-21-18(22-8-6-16-4-2-3-5-17(16)20)23-14-19(7-13-26-15-19)24-9-11-25-12-10-24/h2-5H,6-15H2,1H3,(H2,21,22,23). The second-order valence-electron chi connectivity index (χ2n) is 6.82. The molecule has 3 rings (SSSR count). The van der Waals surface area contributed by atoms with Crippen LogP contribution in [0, 0.1) is 5.82 Å². The van der Waals surface area contributed by atoms with E-state index in [-0.39, 0.29) is 11.4 Å². The first-order chi connectivity index (χ1) is 12.7. The van der Waals surface area contributed by atoms with Gasteiger partial charge < -0.3 is 15.4 Å². The average molecular weight is 381 g/mol. The van der Waals surface area contributed by atoms with E-state index in [2.05, 4.69) is 20.5 Å². The molecule has 0 saturated carbocycles. The molecule has 2 saturated heterocycles. The van der Waals surface area contributed by atoms with Crippen LogP contribution in [-0.4, -0.2) is 74.3 Å². The fourth-order valence-corrected chi connectivity index (χ4v) is 5.10. The Bertz CT molecular complexity index is 601. The lowest BCUT2D eigenvalue weighted by atomic mass is 9.95. The molecule has 0 bridgehead atoms. The van der Waals surface area contributed by atoms with Crippen LogP contribution in [0.15, 0.2) is 29.3 Å². The number of benzene rings is 1. The number of rotatable bonds is 6. The number of thioether (sulfide) groups is 1. The smallest absolute Gasteiger partial charge is 0.191 e. The highest BCUT2D eigenvalue weighted by molar-refractivity contribution is 7.99. The summed E-state index contributed by atoms with van der Waals surface area (Å²) in [6.45, 7) is 5.17. The van der Waals surface area contributed by atoms with E-state index in [0.717, 1.165) is 50.1 Å². The molecule has 0 amide bonds. The van der Waals surface area contributed by atoms with Gasteiger partial charge in [0.1, 0.15) is 5.82 Å². The molecule has 1 atom stereocenters. The molecule has 2 fully saturated rings. The molecule has 1 aromatic carbocycles. The monoisotopic (exact) mass is 380 g/mol. The van der Waals surface area contributed by atoms with E-state index in [9.17, 15) is 4.39 Å². The summed E-state index contributed by atoms with van der Waals surface area (Å²) in [5.41, 5.74) is 0.907. The molecule has 2 N–H and O–H groups in total. The third-order valence-corrected chi connectivity index (χ3v) is 6.45. The summed E-state index contributed by atoms with van der Waals surface area (Å²) in [5, 5.41) is 6.81. The summed E-state index contributed by atoms with van der Waals surface area (Å²) in [7, 11) is 1.78. The molecule has 7 heteroatoms. The number of morpholine rings is 1. The molecule has 144 valence electrons. The van der Waals surface area contributed by atoms with Crippen molar-refractivity contribution >= 4 is 17.7 Å².